The van der Waals surface area contributed by atoms with Crippen molar-refractivity contribution in [1.82, 2.24) is 0 Å². The third-order valence-electron chi connectivity index (χ3n) is 4.69. The first-order chi connectivity index (χ1) is 12.1. The summed E-state index contributed by atoms with van der Waals surface area (Å²) in [5.41, 5.74) is 2.46. The summed E-state index contributed by atoms with van der Waals surface area (Å²) in [6, 6.07) is 12.3. The first-order valence-electron chi connectivity index (χ1n) is 8.25. The monoisotopic (exact) mass is 358 g/mol. The molecular formula is C19H19FN2O2S. The summed E-state index contributed by atoms with van der Waals surface area (Å²) >= 11 is 1.63. The van der Waals surface area contributed by atoms with Crippen molar-refractivity contribution in [3.05, 3.63) is 59.2 Å². The molecule has 0 aliphatic carbocycles. The molecule has 0 unspecified atom stereocenters. The van der Waals surface area contributed by atoms with Crippen molar-refractivity contribution in [2.45, 2.75) is 6.29 Å². The van der Waals surface area contributed by atoms with Crippen molar-refractivity contribution in [2.75, 3.05) is 36.0 Å². The Labute approximate surface area is 149 Å². The molecule has 2 N–H and O–H groups in total. The molecule has 3 aromatic rings. The molecular weight excluding hydrogens is 339 g/mol. The maximum absolute atomic E-state index is 13.6. The molecule has 1 aromatic heterocycles. The molecule has 1 fully saturated rings. The van der Waals surface area contributed by atoms with Gasteiger partial charge < -0.3 is 20.0 Å². The van der Waals surface area contributed by atoms with Gasteiger partial charge in [0.15, 0.2) is 6.29 Å². The largest absolute Gasteiger partial charge is 0.368 e. The zero-order valence-electron chi connectivity index (χ0n) is 13.6. The molecule has 0 amide bonds. The first kappa shape index (κ1) is 16.3. The second-order valence-corrected chi connectivity index (χ2v) is 7.08. The smallest absolute Gasteiger partial charge is 0.180 e. The maximum atomic E-state index is 13.6. The van der Waals surface area contributed by atoms with Gasteiger partial charge in [0.1, 0.15) is 5.82 Å². The third-order valence-corrected chi connectivity index (χ3v) is 5.64. The van der Waals surface area contributed by atoms with E-state index in [4.69, 9.17) is 0 Å². The number of anilines is 2. The van der Waals surface area contributed by atoms with Crippen LogP contribution in [0.25, 0.3) is 10.1 Å². The van der Waals surface area contributed by atoms with E-state index in [-0.39, 0.29) is 5.82 Å². The Bertz CT molecular complexity index is 888. The fraction of sp³-hybridized carbons (Fsp3) is 0.263. The molecule has 2 heterocycles. The Kier molecular flexibility index (Phi) is 4.33. The van der Waals surface area contributed by atoms with Crippen molar-refractivity contribution in [1.29, 1.82) is 0 Å². The number of aliphatic hydroxyl groups excluding tert-OH is 1. The van der Waals surface area contributed by atoms with Crippen molar-refractivity contribution in [2.24, 2.45) is 0 Å². The Morgan fingerprint density at radius 3 is 2.32 bits per heavy atom. The number of aliphatic hydroxyl groups is 2. The van der Waals surface area contributed by atoms with Crippen LogP contribution in [0.15, 0.2) is 47.8 Å². The zero-order valence-corrected chi connectivity index (χ0v) is 14.4. The summed E-state index contributed by atoms with van der Waals surface area (Å²) in [6.45, 7) is 3.16. The van der Waals surface area contributed by atoms with E-state index >= 15 is 0 Å². The lowest BCUT2D eigenvalue weighted by Gasteiger charge is -2.38. The molecule has 0 saturated carbocycles. The third kappa shape index (κ3) is 3.08. The molecule has 0 spiro atoms. The van der Waals surface area contributed by atoms with Gasteiger partial charge in [0.2, 0.25) is 0 Å². The Hall–Kier alpha value is -2.15. The van der Waals surface area contributed by atoms with Gasteiger partial charge in [0, 0.05) is 52.9 Å². The van der Waals surface area contributed by atoms with Crippen LogP contribution in [0.4, 0.5) is 15.8 Å². The number of thiophene rings is 1. The summed E-state index contributed by atoms with van der Waals surface area (Å²) in [5.74, 6) is -0.211. The van der Waals surface area contributed by atoms with Gasteiger partial charge in [-0.3, -0.25) is 0 Å². The number of nitrogens with zero attached hydrogens (tertiary/aromatic N) is 2. The quantitative estimate of drug-likeness (QED) is 0.705. The number of hydrogen-bond acceptors (Lipinski definition) is 5. The predicted octanol–water partition coefficient (Wildman–Crippen LogP) is 3.35. The number of halogens is 1. The Morgan fingerprint density at radius 1 is 0.920 bits per heavy atom. The molecule has 0 radical (unpaired) electrons. The fourth-order valence-electron chi connectivity index (χ4n) is 3.41. The number of para-hydroxylation sites is 1. The number of piperazine rings is 1. The minimum Gasteiger partial charge on any atom is -0.368 e. The highest BCUT2D eigenvalue weighted by Gasteiger charge is 2.22. The Morgan fingerprint density at radius 2 is 1.60 bits per heavy atom. The minimum atomic E-state index is -1.47. The second kappa shape index (κ2) is 6.63. The topological polar surface area (TPSA) is 46.9 Å². The van der Waals surface area contributed by atoms with E-state index in [1.54, 1.807) is 29.5 Å². The summed E-state index contributed by atoms with van der Waals surface area (Å²) in [5, 5.41) is 22.2. The van der Waals surface area contributed by atoms with Crippen LogP contribution in [0.1, 0.15) is 11.9 Å². The van der Waals surface area contributed by atoms with Gasteiger partial charge in [0.05, 0.1) is 5.69 Å². The lowest BCUT2D eigenvalue weighted by molar-refractivity contribution is -0.0421. The molecule has 25 heavy (non-hydrogen) atoms. The van der Waals surface area contributed by atoms with Gasteiger partial charge in [-0.25, -0.2) is 4.39 Å². The average molecular weight is 358 g/mol. The van der Waals surface area contributed by atoms with Crippen LogP contribution in [-0.2, 0) is 0 Å². The van der Waals surface area contributed by atoms with E-state index in [0.29, 0.717) is 5.56 Å². The molecule has 2 aromatic carbocycles. The first-order valence-corrected chi connectivity index (χ1v) is 9.13. The number of rotatable bonds is 3. The van der Waals surface area contributed by atoms with Crippen LogP contribution < -0.4 is 9.80 Å². The van der Waals surface area contributed by atoms with E-state index in [0.717, 1.165) is 47.6 Å². The van der Waals surface area contributed by atoms with E-state index < -0.39 is 6.29 Å². The maximum Gasteiger partial charge on any atom is 0.180 e. The van der Waals surface area contributed by atoms with Crippen molar-refractivity contribution < 1.29 is 14.6 Å². The summed E-state index contributed by atoms with van der Waals surface area (Å²) in [4.78, 5) is 4.44. The SMILES string of the molecule is OC(O)c1ccccc1N1CCN(c2csc3ccc(F)cc23)CC1. The lowest BCUT2D eigenvalue weighted by Crippen LogP contribution is -2.46. The van der Waals surface area contributed by atoms with E-state index in [1.807, 2.05) is 18.2 Å². The molecule has 130 valence electrons. The molecule has 1 aliphatic heterocycles. The Balaban J connectivity index is 1.54. The highest BCUT2D eigenvalue weighted by atomic mass is 32.1. The normalized spacial score (nSPS) is 15.4. The molecule has 6 heteroatoms. The molecule has 0 bridgehead atoms. The van der Waals surface area contributed by atoms with Gasteiger partial charge in [-0.2, -0.15) is 0 Å². The molecule has 1 saturated heterocycles. The number of hydrogen-bond donors (Lipinski definition) is 2. The average Bonchev–Trinajstić information content (AvgIpc) is 3.05. The second-order valence-electron chi connectivity index (χ2n) is 6.17. The summed E-state index contributed by atoms with van der Waals surface area (Å²) in [7, 11) is 0. The van der Waals surface area contributed by atoms with Crippen LogP contribution in [0, 0.1) is 5.82 Å². The molecule has 1 aliphatic rings. The number of benzene rings is 2. The van der Waals surface area contributed by atoms with Crippen molar-refractivity contribution >= 4 is 32.8 Å². The van der Waals surface area contributed by atoms with Crippen molar-refractivity contribution in [3.63, 3.8) is 0 Å². The van der Waals surface area contributed by atoms with Gasteiger partial charge >= 0.3 is 0 Å². The van der Waals surface area contributed by atoms with Crippen LogP contribution in [0.3, 0.4) is 0 Å². The van der Waals surface area contributed by atoms with Gasteiger partial charge in [-0.15, -0.1) is 11.3 Å². The lowest BCUT2D eigenvalue weighted by atomic mass is 10.1. The summed E-state index contributed by atoms with van der Waals surface area (Å²) < 4.78 is 14.7. The molecule has 4 nitrogen and oxygen atoms in total. The van der Waals surface area contributed by atoms with Gasteiger partial charge in [-0.05, 0) is 24.3 Å². The molecule has 4 rings (SSSR count). The predicted molar refractivity (Wildman–Crippen MR) is 99.8 cm³/mol. The highest BCUT2D eigenvalue weighted by Crippen LogP contribution is 2.35. The van der Waals surface area contributed by atoms with Crippen LogP contribution in [0.2, 0.25) is 0 Å². The van der Waals surface area contributed by atoms with Crippen LogP contribution >= 0.6 is 11.3 Å². The molecule has 0 atom stereocenters. The van der Waals surface area contributed by atoms with Gasteiger partial charge in [0.25, 0.3) is 0 Å². The van der Waals surface area contributed by atoms with Crippen LogP contribution in [-0.4, -0.2) is 36.4 Å². The fourth-order valence-corrected chi connectivity index (χ4v) is 4.37. The van der Waals surface area contributed by atoms with Crippen molar-refractivity contribution in [3.8, 4) is 0 Å². The van der Waals surface area contributed by atoms with E-state index in [2.05, 4.69) is 15.2 Å². The number of fused-ring (bicyclic) bond motifs is 1. The standard InChI is InChI=1S/C19H19FN2O2S/c20-13-5-6-18-15(11-13)17(12-25-18)22-9-7-21(8-10-22)16-4-2-1-3-14(16)19(23)24/h1-6,11-12,19,23-24H,7-10H2. The van der Waals surface area contributed by atoms with Gasteiger partial charge in [-0.1, -0.05) is 18.2 Å². The summed E-state index contributed by atoms with van der Waals surface area (Å²) in [6.07, 6.45) is -1.47. The van der Waals surface area contributed by atoms with E-state index in [1.165, 1.54) is 6.07 Å². The van der Waals surface area contributed by atoms with Crippen LogP contribution in [0.5, 0.6) is 0 Å². The minimum absolute atomic E-state index is 0.211. The zero-order chi connectivity index (χ0) is 17.4. The van der Waals surface area contributed by atoms with E-state index in [9.17, 15) is 14.6 Å². The highest BCUT2D eigenvalue weighted by molar-refractivity contribution is 7.17.